The van der Waals surface area contributed by atoms with Gasteiger partial charge in [0.2, 0.25) is 0 Å². The number of ether oxygens (including phenoxy) is 1. The normalized spacial score (nSPS) is 16.4. The number of nitrogens with zero attached hydrogens (tertiary/aromatic N) is 1. The largest absolute Gasteiger partial charge is 0.491 e. The van der Waals surface area contributed by atoms with Gasteiger partial charge in [0.15, 0.2) is 0 Å². The number of aliphatic hydroxyl groups is 1. The van der Waals surface area contributed by atoms with Gasteiger partial charge in [-0.25, -0.2) is 0 Å². The van der Waals surface area contributed by atoms with Crippen LogP contribution in [0.4, 0.5) is 0 Å². The molecule has 1 fully saturated rings. The van der Waals surface area contributed by atoms with Gasteiger partial charge in [0.1, 0.15) is 18.0 Å². The molecular weight excluding hydrogens is 326 g/mol. The summed E-state index contributed by atoms with van der Waals surface area (Å²) in [6.07, 6.45) is 1.05. The predicted molar refractivity (Wildman–Crippen MR) is 103 cm³/mol. The minimum atomic E-state index is -0.887. The second-order valence-electron chi connectivity index (χ2n) is 7.42. The van der Waals surface area contributed by atoms with E-state index in [2.05, 4.69) is 6.92 Å². The third-order valence-corrected chi connectivity index (χ3v) is 5.23. The van der Waals surface area contributed by atoms with Crippen molar-refractivity contribution in [3.05, 3.63) is 64.7 Å². The van der Waals surface area contributed by atoms with Crippen LogP contribution in [0.15, 0.2) is 42.5 Å². The Morgan fingerprint density at radius 2 is 1.81 bits per heavy atom. The first kappa shape index (κ1) is 18.5. The first-order valence-corrected chi connectivity index (χ1v) is 9.15. The number of piperidine rings is 1. The maximum absolute atomic E-state index is 12.6. The average Bonchev–Trinajstić information content (AvgIpc) is 2.63. The van der Waals surface area contributed by atoms with Crippen molar-refractivity contribution in [3.8, 4) is 5.75 Å². The molecule has 1 aliphatic rings. The van der Waals surface area contributed by atoms with Crippen molar-refractivity contribution in [2.45, 2.75) is 39.2 Å². The zero-order chi connectivity index (χ0) is 18.7. The summed E-state index contributed by atoms with van der Waals surface area (Å²) in [5.74, 6) is 0.811. The van der Waals surface area contributed by atoms with Crippen LogP contribution in [0.1, 0.15) is 39.9 Å². The van der Waals surface area contributed by atoms with Crippen molar-refractivity contribution in [3.63, 3.8) is 0 Å². The van der Waals surface area contributed by atoms with Crippen molar-refractivity contribution < 1.29 is 14.6 Å². The summed E-state index contributed by atoms with van der Waals surface area (Å²) in [5.41, 5.74) is 3.29. The summed E-state index contributed by atoms with van der Waals surface area (Å²) >= 11 is 0. The van der Waals surface area contributed by atoms with Gasteiger partial charge in [-0.15, -0.1) is 0 Å². The van der Waals surface area contributed by atoms with Gasteiger partial charge in [0.05, 0.1) is 0 Å². The summed E-state index contributed by atoms with van der Waals surface area (Å²) in [6, 6.07) is 13.6. The molecule has 0 bridgehead atoms. The van der Waals surface area contributed by atoms with Gasteiger partial charge < -0.3 is 14.7 Å². The Hall–Kier alpha value is -2.33. The molecule has 1 amide bonds. The lowest BCUT2D eigenvalue weighted by atomic mass is 9.92. The monoisotopic (exact) mass is 353 g/mol. The van der Waals surface area contributed by atoms with Crippen LogP contribution in [0.2, 0.25) is 0 Å². The number of benzene rings is 2. The third-order valence-electron chi connectivity index (χ3n) is 5.23. The minimum absolute atomic E-state index is 0.0332. The van der Waals surface area contributed by atoms with Crippen molar-refractivity contribution in [1.29, 1.82) is 0 Å². The first-order valence-electron chi connectivity index (χ1n) is 9.15. The second-order valence-corrected chi connectivity index (χ2v) is 7.42. The molecule has 0 aliphatic carbocycles. The maximum atomic E-state index is 12.6. The highest BCUT2D eigenvalue weighted by Crippen LogP contribution is 2.25. The molecule has 0 atom stereocenters. The van der Waals surface area contributed by atoms with Crippen LogP contribution in [0.5, 0.6) is 5.75 Å². The zero-order valence-electron chi connectivity index (χ0n) is 15.8. The van der Waals surface area contributed by atoms with Gasteiger partial charge >= 0.3 is 0 Å². The van der Waals surface area contributed by atoms with Crippen LogP contribution in [0, 0.1) is 20.8 Å². The number of carbonyl (C=O) groups is 1. The number of aryl methyl sites for hydroxylation is 3. The lowest BCUT2D eigenvalue weighted by Crippen LogP contribution is -2.49. The number of likely N-dealkylation sites (tertiary alicyclic amines) is 1. The zero-order valence-corrected chi connectivity index (χ0v) is 15.8. The molecule has 4 heteroatoms. The summed E-state index contributed by atoms with van der Waals surface area (Å²) in [7, 11) is 0. The quantitative estimate of drug-likeness (QED) is 0.913. The maximum Gasteiger partial charge on any atom is 0.253 e. The first-order chi connectivity index (χ1) is 12.4. The van der Waals surface area contributed by atoms with E-state index in [-0.39, 0.29) is 12.5 Å². The lowest BCUT2D eigenvalue weighted by Gasteiger charge is -2.38. The average molecular weight is 353 g/mol. The Morgan fingerprint density at radius 1 is 1.08 bits per heavy atom. The van der Waals surface area contributed by atoms with E-state index in [1.54, 1.807) is 0 Å². The number of carbonyl (C=O) groups excluding carboxylic acids is 1. The Labute approximate surface area is 155 Å². The van der Waals surface area contributed by atoms with Crippen molar-refractivity contribution in [1.82, 2.24) is 4.90 Å². The van der Waals surface area contributed by atoms with E-state index in [9.17, 15) is 9.90 Å². The molecule has 0 spiro atoms. The fraction of sp³-hybridized carbons (Fsp3) is 0.409. The van der Waals surface area contributed by atoms with E-state index in [0.29, 0.717) is 31.5 Å². The van der Waals surface area contributed by atoms with E-state index in [1.165, 1.54) is 11.1 Å². The van der Waals surface area contributed by atoms with Crippen LogP contribution in [0.25, 0.3) is 0 Å². The molecule has 1 saturated heterocycles. The SMILES string of the molecule is Cc1cccc(C(=O)N2CCC(O)(COc3ccc(C)c(C)c3)CC2)c1. The fourth-order valence-corrected chi connectivity index (χ4v) is 3.25. The van der Waals surface area contributed by atoms with Gasteiger partial charge in [-0.05, 0) is 69.0 Å². The Balaban J connectivity index is 1.56. The van der Waals surface area contributed by atoms with E-state index in [0.717, 1.165) is 11.3 Å². The summed E-state index contributed by atoms with van der Waals surface area (Å²) in [5, 5.41) is 10.8. The molecule has 0 radical (unpaired) electrons. The van der Waals surface area contributed by atoms with Gasteiger partial charge in [0.25, 0.3) is 5.91 Å². The van der Waals surface area contributed by atoms with E-state index in [1.807, 2.05) is 61.2 Å². The standard InChI is InChI=1S/C22H27NO3/c1-16-5-4-6-19(13-16)21(24)23-11-9-22(25,10-12-23)15-26-20-8-7-17(2)18(3)14-20/h4-8,13-14,25H,9-12,15H2,1-3H3. The van der Waals surface area contributed by atoms with Crippen LogP contribution in [-0.4, -0.2) is 41.2 Å². The fourth-order valence-electron chi connectivity index (χ4n) is 3.25. The molecule has 138 valence electrons. The molecule has 0 aromatic heterocycles. The Bertz CT molecular complexity index is 792. The number of amides is 1. The molecule has 0 unspecified atom stereocenters. The third kappa shape index (κ3) is 4.25. The molecule has 1 aliphatic heterocycles. The molecular formula is C22H27NO3. The smallest absolute Gasteiger partial charge is 0.253 e. The molecule has 1 N–H and O–H groups in total. The second kappa shape index (κ2) is 7.50. The van der Waals surface area contributed by atoms with Crippen LogP contribution in [-0.2, 0) is 0 Å². The number of rotatable bonds is 4. The van der Waals surface area contributed by atoms with Crippen LogP contribution < -0.4 is 4.74 Å². The predicted octanol–water partition coefficient (Wildman–Crippen LogP) is 3.66. The summed E-state index contributed by atoms with van der Waals surface area (Å²) in [6.45, 7) is 7.43. The molecule has 26 heavy (non-hydrogen) atoms. The molecule has 2 aromatic carbocycles. The van der Waals surface area contributed by atoms with Gasteiger partial charge in [-0.1, -0.05) is 23.8 Å². The molecule has 4 nitrogen and oxygen atoms in total. The van der Waals surface area contributed by atoms with Crippen LogP contribution >= 0.6 is 0 Å². The molecule has 0 saturated carbocycles. The minimum Gasteiger partial charge on any atom is -0.491 e. The molecule has 3 rings (SSSR count). The van der Waals surface area contributed by atoms with Gasteiger partial charge in [0, 0.05) is 18.7 Å². The van der Waals surface area contributed by atoms with Crippen molar-refractivity contribution in [2.24, 2.45) is 0 Å². The number of hydrogen-bond acceptors (Lipinski definition) is 3. The van der Waals surface area contributed by atoms with Crippen LogP contribution in [0.3, 0.4) is 0 Å². The van der Waals surface area contributed by atoms with E-state index < -0.39 is 5.60 Å². The van der Waals surface area contributed by atoms with E-state index in [4.69, 9.17) is 4.74 Å². The topological polar surface area (TPSA) is 49.8 Å². The number of hydrogen-bond donors (Lipinski definition) is 1. The van der Waals surface area contributed by atoms with Crippen molar-refractivity contribution in [2.75, 3.05) is 19.7 Å². The Kier molecular flexibility index (Phi) is 5.33. The lowest BCUT2D eigenvalue weighted by molar-refractivity contribution is -0.0475. The molecule has 1 heterocycles. The highest BCUT2D eigenvalue weighted by molar-refractivity contribution is 5.94. The Morgan fingerprint density at radius 3 is 2.46 bits per heavy atom. The molecule has 2 aromatic rings. The van der Waals surface area contributed by atoms with E-state index >= 15 is 0 Å². The summed E-state index contributed by atoms with van der Waals surface area (Å²) in [4.78, 5) is 14.4. The van der Waals surface area contributed by atoms with Crippen molar-refractivity contribution >= 4 is 5.91 Å². The van der Waals surface area contributed by atoms with Gasteiger partial charge in [-0.3, -0.25) is 4.79 Å². The summed E-state index contributed by atoms with van der Waals surface area (Å²) < 4.78 is 5.83. The van der Waals surface area contributed by atoms with Gasteiger partial charge in [-0.2, -0.15) is 0 Å². The highest BCUT2D eigenvalue weighted by atomic mass is 16.5. The highest BCUT2D eigenvalue weighted by Gasteiger charge is 2.35.